The number of benzene rings is 1. The first kappa shape index (κ1) is 16.5. The zero-order valence-corrected chi connectivity index (χ0v) is 13.0. The Labute approximate surface area is 121 Å². The van der Waals surface area contributed by atoms with Gasteiger partial charge < -0.3 is 15.2 Å². The minimum absolute atomic E-state index is 0.0494. The summed E-state index contributed by atoms with van der Waals surface area (Å²) in [6.45, 7) is 9.64. The third-order valence-corrected chi connectivity index (χ3v) is 3.09. The quantitative estimate of drug-likeness (QED) is 0.891. The third kappa shape index (κ3) is 4.85. The minimum atomic E-state index is -0.525. The van der Waals surface area contributed by atoms with Crippen molar-refractivity contribution in [2.24, 2.45) is 0 Å². The van der Waals surface area contributed by atoms with E-state index in [1.54, 1.807) is 0 Å². The molecule has 4 heteroatoms. The number of aliphatic hydroxyl groups excluding tert-OH is 1. The van der Waals surface area contributed by atoms with Gasteiger partial charge in [0, 0.05) is 12.0 Å². The van der Waals surface area contributed by atoms with E-state index in [1.807, 2.05) is 58.9 Å². The zero-order valence-electron chi connectivity index (χ0n) is 13.0. The molecule has 1 unspecified atom stereocenters. The molecule has 112 valence electrons. The number of nitrogens with one attached hydrogen (secondary N) is 1. The number of aryl methyl sites for hydroxylation is 1. The summed E-state index contributed by atoms with van der Waals surface area (Å²) in [6.07, 6.45) is -0.468. The Morgan fingerprint density at radius 2 is 1.95 bits per heavy atom. The molecule has 0 spiro atoms. The molecule has 0 saturated heterocycles. The molecule has 1 aromatic rings. The van der Waals surface area contributed by atoms with Gasteiger partial charge in [-0.2, -0.15) is 0 Å². The smallest absolute Gasteiger partial charge is 0.407 e. The molecule has 0 radical (unpaired) electrons. The van der Waals surface area contributed by atoms with Crippen molar-refractivity contribution in [3.63, 3.8) is 0 Å². The lowest BCUT2D eigenvalue weighted by Crippen LogP contribution is -2.43. The van der Waals surface area contributed by atoms with Gasteiger partial charge in [0.15, 0.2) is 0 Å². The molecule has 0 aliphatic rings. The fraction of sp³-hybridized carbons (Fsp3) is 0.562. The van der Waals surface area contributed by atoms with Crippen LogP contribution in [0, 0.1) is 6.92 Å². The average Bonchev–Trinajstić information content (AvgIpc) is 2.34. The van der Waals surface area contributed by atoms with Crippen LogP contribution < -0.4 is 5.32 Å². The Kier molecular flexibility index (Phi) is 5.17. The third-order valence-electron chi connectivity index (χ3n) is 3.09. The van der Waals surface area contributed by atoms with Crippen molar-refractivity contribution in [2.75, 3.05) is 13.2 Å². The molecule has 0 bridgehead atoms. The van der Waals surface area contributed by atoms with Crippen LogP contribution in [0.25, 0.3) is 0 Å². The van der Waals surface area contributed by atoms with E-state index in [2.05, 4.69) is 5.32 Å². The Balaban J connectivity index is 2.74. The van der Waals surface area contributed by atoms with Gasteiger partial charge in [-0.3, -0.25) is 0 Å². The fourth-order valence-corrected chi connectivity index (χ4v) is 1.85. The first-order chi connectivity index (χ1) is 9.16. The number of carbonyl (C=O) groups excluding carboxylic acids is 1. The average molecular weight is 279 g/mol. The highest BCUT2D eigenvalue weighted by Crippen LogP contribution is 2.23. The monoisotopic (exact) mass is 279 g/mol. The van der Waals surface area contributed by atoms with Crippen LogP contribution in [0.2, 0.25) is 0 Å². The topological polar surface area (TPSA) is 58.6 Å². The predicted octanol–water partition coefficient (Wildman–Crippen LogP) is 2.77. The lowest BCUT2D eigenvalue weighted by atomic mass is 9.82. The van der Waals surface area contributed by atoms with Crippen molar-refractivity contribution in [2.45, 2.75) is 45.6 Å². The first-order valence-electron chi connectivity index (χ1n) is 6.81. The molecule has 0 saturated carbocycles. The van der Waals surface area contributed by atoms with Crippen molar-refractivity contribution in [1.82, 2.24) is 5.32 Å². The van der Waals surface area contributed by atoms with Gasteiger partial charge in [-0.15, -0.1) is 0 Å². The number of alkyl carbamates (subject to hydrolysis) is 1. The summed E-state index contributed by atoms with van der Waals surface area (Å²) in [5, 5.41) is 12.4. The summed E-state index contributed by atoms with van der Waals surface area (Å²) < 4.78 is 5.21. The molecule has 1 aromatic carbocycles. The van der Waals surface area contributed by atoms with Crippen LogP contribution in [0.4, 0.5) is 4.79 Å². The maximum Gasteiger partial charge on any atom is 0.407 e. The van der Waals surface area contributed by atoms with Gasteiger partial charge in [0.2, 0.25) is 0 Å². The van der Waals surface area contributed by atoms with Gasteiger partial charge in [-0.05, 0) is 33.3 Å². The van der Waals surface area contributed by atoms with Crippen LogP contribution in [-0.2, 0) is 10.2 Å². The summed E-state index contributed by atoms with van der Waals surface area (Å²) in [7, 11) is 0. The molecule has 1 atom stereocenters. The van der Waals surface area contributed by atoms with E-state index in [9.17, 15) is 9.90 Å². The molecule has 0 aliphatic heterocycles. The SMILES string of the molecule is Cc1cccc(C(C)(CO)CNC(=O)OC(C)(C)C)c1. The first-order valence-corrected chi connectivity index (χ1v) is 6.81. The van der Waals surface area contributed by atoms with Crippen LogP contribution in [0.5, 0.6) is 0 Å². The fourth-order valence-electron chi connectivity index (χ4n) is 1.85. The summed E-state index contributed by atoms with van der Waals surface area (Å²) in [5.41, 5.74) is 1.07. The number of hydrogen-bond acceptors (Lipinski definition) is 3. The van der Waals surface area contributed by atoms with E-state index < -0.39 is 17.1 Å². The minimum Gasteiger partial charge on any atom is -0.444 e. The summed E-state index contributed by atoms with van der Waals surface area (Å²) in [4.78, 5) is 11.7. The van der Waals surface area contributed by atoms with Crippen molar-refractivity contribution >= 4 is 6.09 Å². The molecule has 0 aromatic heterocycles. The predicted molar refractivity (Wildman–Crippen MR) is 79.9 cm³/mol. The highest BCUT2D eigenvalue weighted by atomic mass is 16.6. The largest absolute Gasteiger partial charge is 0.444 e. The molecule has 4 nitrogen and oxygen atoms in total. The van der Waals surface area contributed by atoms with E-state index in [0.29, 0.717) is 6.54 Å². The number of ether oxygens (including phenoxy) is 1. The second kappa shape index (κ2) is 6.27. The Morgan fingerprint density at radius 1 is 1.30 bits per heavy atom. The molecule has 0 fully saturated rings. The lowest BCUT2D eigenvalue weighted by molar-refractivity contribution is 0.0507. The van der Waals surface area contributed by atoms with Gasteiger partial charge in [0.05, 0.1) is 6.61 Å². The Hall–Kier alpha value is -1.55. The second-order valence-corrected chi connectivity index (χ2v) is 6.44. The highest BCUT2D eigenvalue weighted by Gasteiger charge is 2.27. The molecule has 0 aliphatic carbocycles. The van der Waals surface area contributed by atoms with Gasteiger partial charge in [0.1, 0.15) is 5.60 Å². The molecular weight excluding hydrogens is 254 g/mol. The number of carbonyl (C=O) groups is 1. The van der Waals surface area contributed by atoms with Gasteiger partial charge in [0.25, 0.3) is 0 Å². The van der Waals surface area contributed by atoms with Crippen molar-refractivity contribution in [3.05, 3.63) is 35.4 Å². The summed E-state index contributed by atoms with van der Waals surface area (Å²) in [5.74, 6) is 0. The normalized spacial score (nSPS) is 14.5. The van der Waals surface area contributed by atoms with Gasteiger partial charge >= 0.3 is 6.09 Å². The molecule has 1 rings (SSSR count). The maximum atomic E-state index is 11.7. The second-order valence-electron chi connectivity index (χ2n) is 6.44. The summed E-state index contributed by atoms with van der Waals surface area (Å²) in [6, 6.07) is 7.93. The van der Waals surface area contributed by atoms with Gasteiger partial charge in [-0.1, -0.05) is 36.8 Å². The van der Waals surface area contributed by atoms with Crippen molar-refractivity contribution < 1.29 is 14.6 Å². The Morgan fingerprint density at radius 3 is 2.45 bits per heavy atom. The number of hydrogen-bond donors (Lipinski definition) is 2. The van der Waals surface area contributed by atoms with E-state index in [-0.39, 0.29) is 6.61 Å². The molecule has 2 N–H and O–H groups in total. The number of rotatable bonds is 4. The summed E-state index contributed by atoms with van der Waals surface area (Å²) >= 11 is 0. The van der Waals surface area contributed by atoms with E-state index >= 15 is 0 Å². The van der Waals surface area contributed by atoms with Crippen molar-refractivity contribution in [1.29, 1.82) is 0 Å². The molecule has 1 amide bonds. The van der Waals surface area contributed by atoms with Gasteiger partial charge in [-0.25, -0.2) is 4.79 Å². The van der Waals surface area contributed by atoms with Crippen LogP contribution in [0.3, 0.4) is 0 Å². The van der Waals surface area contributed by atoms with E-state index in [4.69, 9.17) is 4.74 Å². The maximum absolute atomic E-state index is 11.7. The van der Waals surface area contributed by atoms with E-state index in [0.717, 1.165) is 11.1 Å². The Bertz CT molecular complexity index is 465. The molecule has 20 heavy (non-hydrogen) atoms. The van der Waals surface area contributed by atoms with E-state index in [1.165, 1.54) is 0 Å². The van der Waals surface area contributed by atoms with Crippen LogP contribution >= 0.6 is 0 Å². The van der Waals surface area contributed by atoms with Crippen LogP contribution in [0.1, 0.15) is 38.8 Å². The zero-order chi connectivity index (χ0) is 15.4. The number of amides is 1. The standard InChI is InChI=1S/C16H25NO3/c1-12-7-6-8-13(9-12)16(5,11-18)10-17-14(19)20-15(2,3)4/h6-9,18H,10-11H2,1-5H3,(H,17,19). The molecular formula is C16H25NO3. The van der Waals surface area contributed by atoms with Crippen molar-refractivity contribution in [3.8, 4) is 0 Å². The molecule has 0 heterocycles. The number of aliphatic hydroxyl groups is 1. The lowest BCUT2D eigenvalue weighted by Gasteiger charge is -2.29. The van der Waals surface area contributed by atoms with Crippen LogP contribution in [-0.4, -0.2) is 30.0 Å². The van der Waals surface area contributed by atoms with Crippen LogP contribution in [0.15, 0.2) is 24.3 Å². The highest BCUT2D eigenvalue weighted by molar-refractivity contribution is 5.67.